The molecule has 33 heavy (non-hydrogen) atoms. The zero-order valence-corrected chi connectivity index (χ0v) is 18.8. The fraction of sp³-hybridized carbons (Fsp3) is 0.423. The third kappa shape index (κ3) is 3.79. The zero-order chi connectivity index (χ0) is 22.5. The molecule has 2 saturated heterocycles. The maximum Gasteiger partial charge on any atom is 0.146 e. The summed E-state index contributed by atoms with van der Waals surface area (Å²) in [5, 5.41) is 4.91. The zero-order valence-electron chi connectivity index (χ0n) is 18.8. The number of hydrogen-bond donors (Lipinski definition) is 2. The molecular formula is C26H28FN5O. The molecular weight excluding hydrogens is 417 g/mol. The highest BCUT2D eigenvalue weighted by molar-refractivity contribution is 5.78. The maximum absolute atomic E-state index is 14.7. The van der Waals surface area contributed by atoms with Crippen LogP contribution in [0.15, 0.2) is 42.9 Å². The quantitative estimate of drug-likeness (QED) is 0.448. The van der Waals surface area contributed by atoms with Crippen molar-refractivity contribution >= 4 is 22.1 Å². The predicted molar refractivity (Wildman–Crippen MR) is 125 cm³/mol. The normalized spacial score (nSPS) is 24.7. The van der Waals surface area contributed by atoms with E-state index >= 15 is 0 Å². The van der Waals surface area contributed by atoms with Crippen LogP contribution in [0.5, 0.6) is 0 Å². The third-order valence-corrected chi connectivity index (χ3v) is 7.63. The van der Waals surface area contributed by atoms with Gasteiger partial charge in [0.15, 0.2) is 0 Å². The minimum Gasteiger partial charge on any atom is -0.373 e. The first-order valence-electron chi connectivity index (χ1n) is 11.8. The van der Waals surface area contributed by atoms with Crippen molar-refractivity contribution in [1.82, 2.24) is 25.3 Å². The Hall–Kier alpha value is -2.90. The fourth-order valence-corrected chi connectivity index (χ4v) is 5.47. The molecule has 0 atom stereocenters. The van der Waals surface area contributed by atoms with Crippen LogP contribution in [0.1, 0.15) is 48.9 Å². The lowest BCUT2D eigenvalue weighted by atomic mass is 9.69. The van der Waals surface area contributed by atoms with Gasteiger partial charge < -0.3 is 15.0 Å². The molecule has 0 unspecified atom stereocenters. The Bertz CT molecular complexity index is 1300. The number of rotatable bonds is 6. The van der Waals surface area contributed by atoms with E-state index in [-0.39, 0.29) is 17.0 Å². The highest BCUT2D eigenvalue weighted by atomic mass is 19.1. The Labute approximate surface area is 192 Å². The van der Waals surface area contributed by atoms with Gasteiger partial charge in [0.05, 0.1) is 29.4 Å². The highest BCUT2D eigenvalue weighted by Gasteiger charge is 2.49. The Morgan fingerprint density at radius 3 is 2.82 bits per heavy atom. The largest absolute Gasteiger partial charge is 0.373 e. The van der Waals surface area contributed by atoms with Gasteiger partial charge in [-0.25, -0.2) is 9.37 Å². The molecule has 2 aliphatic heterocycles. The minimum absolute atomic E-state index is 0.0160. The van der Waals surface area contributed by atoms with E-state index in [1.807, 2.05) is 31.5 Å². The van der Waals surface area contributed by atoms with Crippen LogP contribution in [0.25, 0.3) is 22.1 Å². The van der Waals surface area contributed by atoms with Crippen LogP contribution >= 0.6 is 0 Å². The second-order valence-electron chi connectivity index (χ2n) is 9.77. The molecule has 7 rings (SSSR count). The summed E-state index contributed by atoms with van der Waals surface area (Å²) < 4.78 is 21.2. The summed E-state index contributed by atoms with van der Waals surface area (Å²) in [5.74, 6) is -0.271. The average molecular weight is 446 g/mol. The van der Waals surface area contributed by atoms with Crippen molar-refractivity contribution < 1.29 is 9.13 Å². The lowest BCUT2D eigenvalue weighted by molar-refractivity contribution is -0.165. The van der Waals surface area contributed by atoms with Crippen LogP contribution in [-0.4, -0.2) is 37.7 Å². The van der Waals surface area contributed by atoms with E-state index in [4.69, 9.17) is 4.74 Å². The van der Waals surface area contributed by atoms with Crippen molar-refractivity contribution in [2.24, 2.45) is 0 Å². The van der Waals surface area contributed by atoms with Crippen LogP contribution < -0.4 is 5.32 Å². The molecule has 3 fully saturated rings. The molecule has 170 valence electrons. The number of nitrogens with one attached hydrogen (secondary N) is 2. The molecule has 0 amide bonds. The maximum atomic E-state index is 14.7. The lowest BCUT2D eigenvalue weighted by Crippen LogP contribution is -2.61. The third-order valence-electron chi connectivity index (χ3n) is 7.63. The van der Waals surface area contributed by atoms with Gasteiger partial charge in [0, 0.05) is 41.1 Å². The van der Waals surface area contributed by atoms with Crippen molar-refractivity contribution in [3.8, 4) is 0 Å². The predicted octanol–water partition coefficient (Wildman–Crippen LogP) is 4.76. The Kier molecular flexibility index (Phi) is 4.92. The molecule has 0 radical (unpaired) electrons. The molecule has 1 aliphatic carbocycles. The summed E-state index contributed by atoms with van der Waals surface area (Å²) in [7, 11) is 0. The summed E-state index contributed by atoms with van der Waals surface area (Å²) >= 11 is 0. The first kappa shape index (κ1) is 20.7. The molecule has 6 nitrogen and oxygen atoms in total. The first-order chi connectivity index (χ1) is 16.0. The van der Waals surface area contributed by atoms with Gasteiger partial charge in [-0.05, 0) is 75.3 Å². The number of fused-ring (bicyclic) bond motifs is 5. The number of ether oxygens (including phenoxy) is 1. The van der Waals surface area contributed by atoms with Crippen molar-refractivity contribution in [2.75, 3.05) is 6.61 Å². The van der Waals surface area contributed by atoms with Crippen LogP contribution in [0.3, 0.4) is 0 Å². The lowest BCUT2D eigenvalue weighted by Gasteiger charge is -2.53. The van der Waals surface area contributed by atoms with Crippen molar-refractivity contribution in [3.05, 3.63) is 65.5 Å². The number of aromatic nitrogens is 4. The summed E-state index contributed by atoms with van der Waals surface area (Å²) in [4.78, 5) is 16.4. The average Bonchev–Trinajstić information content (AvgIpc) is 3.31. The molecule has 4 aromatic rings. The molecule has 6 heterocycles. The SMILES string of the molecule is Cc1ccc2ncc(F)c(CCC34CCC(NCc5cnc6[nH]ccc6c5)(CC3)CO4)c2n1. The number of pyridine rings is 3. The van der Waals surface area contributed by atoms with Gasteiger partial charge >= 0.3 is 0 Å². The fourth-order valence-electron chi connectivity index (χ4n) is 5.47. The number of H-pyrrole nitrogens is 1. The Morgan fingerprint density at radius 1 is 1.12 bits per heavy atom. The van der Waals surface area contributed by atoms with Crippen molar-refractivity contribution in [2.45, 2.75) is 63.1 Å². The second-order valence-corrected chi connectivity index (χ2v) is 9.77. The van der Waals surface area contributed by atoms with E-state index in [2.05, 4.69) is 37.4 Å². The smallest absolute Gasteiger partial charge is 0.146 e. The molecule has 0 aromatic carbocycles. The van der Waals surface area contributed by atoms with Crippen molar-refractivity contribution in [1.29, 1.82) is 0 Å². The summed E-state index contributed by atoms with van der Waals surface area (Å²) in [6.07, 6.45) is 10.7. The van der Waals surface area contributed by atoms with Crippen LogP contribution in [0, 0.1) is 12.7 Å². The number of halogens is 1. The van der Waals surface area contributed by atoms with Crippen LogP contribution in [0.4, 0.5) is 4.39 Å². The van der Waals surface area contributed by atoms with Gasteiger partial charge in [0.25, 0.3) is 0 Å². The van der Waals surface area contributed by atoms with Gasteiger partial charge in [-0.3, -0.25) is 9.97 Å². The number of hydrogen-bond acceptors (Lipinski definition) is 5. The Balaban J connectivity index is 1.12. The van der Waals surface area contributed by atoms with E-state index in [0.717, 1.165) is 60.9 Å². The Morgan fingerprint density at radius 2 is 2.00 bits per heavy atom. The molecule has 4 aromatic heterocycles. The molecule has 3 aliphatic rings. The van der Waals surface area contributed by atoms with Crippen LogP contribution in [0.2, 0.25) is 0 Å². The molecule has 2 N–H and O–H groups in total. The minimum atomic E-state index is -0.271. The first-order valence-corrected chi connectivity index (χ1v) is 11.8. The standard InChI is InChI=1S/C26H28FN5O/c1-17-2-3-22-23(32-17)20(21(27)15-29-22)4-6-26-9-7-25(8-10-26,16-33-26)31-14-18-12-19-5-11-28-24(19)30-13-18/h2-3,5,11-13,15,31H,4,6-10,14,16H2,1H3,(H,28,30). The summed E-state index contributed by atoms with van der Waals surface area (Å²) in [6.45, 7) is 3.41. The van der Waals surface area contributed by atoms with E-state index in [9.17, 15) is 4.39 Å². The molecule has 7 heteroatoms. The van der Waals surface area contributed by atoms with E-state index in [1.165, 1.54) is 11.8 Å². The van der Waals surface area contributed by atoms with Gasteiger partial charge in [-0.15, -0.1) is 0 Å². The van der Waals surface area contributed by atoms with Gasteiger partial charge in [-0.1, -0.05) is 0 Å². The van der Waals surface area contributed by atoms with Gasteiger partial charge in [0.2, 0.25) is 0 Å². The van der Waals surface area contributed by atoms with E-state index < -0.39 is 0 Å². The molecule has 1 saturated carbocycles. The molecule has 2 bridgehead atoms. The summed E-state index contributed by atoms with van der Waals surface area (Å²) in [5.41, 5.74) is 4.92. The summed E-state index contributed by atoms with van der Waals surface area (Å²) in [6, 6.07) is 8.07. The second kappa shape index (κ2) is 7.85. The van der Waals surface area contributed by atoms with Gasteiger partial charge in [0.1, 0.15) is 11.5 Å². The molecule has 0 spiro atoms. The van der Waals surface area contributed by atoms with Crippen LogP contribution in [-0.2, 0) is 17.7 Å². The van der Waals surface area contributed by atoms with Gasteiger partial charge in [-0.2, -0.15) is 0 Å². The van der Waals surface area contributed by atoms with Crippen molar-refractivity contribution in [3.63, 3.8) is 0 Å². The number of aromatic amines is 1. The topological polar surface area (TPSA) is 75.7 Å². The highest BCUT2D eigenvalue weighted by Crippen LogP contribution is 2.46. The number of aryl methyl sites for hydroxylation is 2. The number of nitrogens with zero attached hydrogens (tertiary/aromatic N) is 3. The monoisotopic (exact) mass is 445 g/mol. The van der Waals surface area contributed by atoms with E-state index in [1.54, 1.807) is 0 Å². The van der Waals surface area contributed by atoms with E-state index in [0.29, 0.717) is 24.1 Å².